The van der Waals surface area contributed by atoms with Gasteiger partial charge in [0.25, 0.3) is 0 Å². The van der Waals surface area contributed by atoms with Crippen LogP contribution < -0.4 is 9.80 Å². The Morgan fingerprint density at radius 1 is 1.06 bits per heavy atom. The second-order valence-corrected chi connectivity index (χ2v) is 9.84. The SMILES string of the molecule is CCCN(C(C)=O)c1cc(N2CCCN(C)CC2)ccc1S(=O)(=O)c1ccc(F)cc1. The summed E-state index contributed by atoms with van der Waals surface area (Å²) >= 11 is 0. The number of hydrogen-bond donors (Lipinski definition) is 0. The zero-order valence-corrected chi connectivity index (χ0v) is 19.2. The highest BCUT2D eigenvalue weighted by Crippen LogP contribution is 2.34. The van der Waals surface area contributed by atoms with Crippen molar-refractivity contribution in [2.75, 3.05) is 49.6 Å². The number of carbonyl (C=O) groups is 1. The summed E-state index contributed by atoms with van der Waals surface area (Å²) in [6.07, 6.45) is 1.70. The summed E-state index contributed by atoms with van der Waals surface area (Å²) in [4.78, 5) is 18.5. The predicted molar refractivity (Wildman–Crippen MR) is 121 cm³/mol. The first kappa shape index (κ1) is 23.2. The molecule has 6 nitrogen and oxygen atoms in total. The third kappa shape index (κ3) is 5.25. The summed E-state index contributed by atoms with van der Waals surface area (Å²) in [7, 11) is -1.84. The van der Waals surface area contributed by atoms with Gasteiger partial charge in [-0.05, 0) is 68.9 Å². The minimum atomic E-state index is -3.93. The molecule has 0 radical (unpaired) electrons. The van der Waals surface area contributed by atoms with Crippen molar-refractivity contribution in [3.8, 4) is 0 Å². The first-order valence-electron chi connectivity index (χ1n) is 10.6. The molecule has 0 atom stereocenters. The average Bonchev–Trinajstić information content (AvgIpc) is 2.96. The minimum Gasteiger partial charge on any atom is -0.370 e. The molecule has 1 aliphatic heterocycles. The summed E-state index contributed by atoms with van der Waals surface area (Å²) in [6, 6.07) is 9.95. The number of sulfone groups is 1. The van der Waals surface area contributed by atoms with Crippen molar-refractivity contribution in [3.05, 3.63) is 48.3 Å². The molecule has 2 aromatic rings. The van der Waals surface area contributed by atoms with Crippen LogP contribution in [0.4, 0.5) is 15.8 Å². The predicted octanol–water partition coefficient (Wildman–Crippen LogP) is 3.56. The van der Waals surface area contributed by atoms with E-state index in [2.05, 4.69) is 16.8 Å². The Morgan fingerprint density at radius 3 is 2.42 bits per heavy atom. The normalized spacial score (nSPS) is 15.5. The zero-order chi connectivity index (χ0) is 22.6. The molecule has 1 saturated heterocycles. The van der Waals surface area contributed by atoms with E-state index in [1.807, 2.05) is 6.92 Å². The van der Waals surface area contributed by atoms with E-state index in [0.717, 1.165) is 50.4 Å². The Morgan fingerprint density at radius 2 is 1.77 bits per heavy atom. The molecule has 0 spiro atoms. The van der Waals surface area contributed by atoms with Crippen LogP contribution in [0.1, 0.15) is 26.7 Å². The molecule has 1 amide bonds. The Hall–Kier alpha value is -2.45. The van der Waals surface area contributed by atoms with E-state index in [9.17, 15) is 17.6 Å². The van der Waals surface area contributed by atoms with Crippen LogP contribution in [0, 0.1) is 5.82 Å². The van der Waals surface area contributed by atoms with E-state index in [4.69, 9.17) is 0 Å². The topological polar surface area (TPSA) is 60.9 Å². The molecule has 3 rings (SSSR count). The van der Waals surface area contributed by atoms with Gasteiger partial charge in [-0.3, -0.25) is 4.79 Å². The highest BCUT2D eigenvalue weighted by Gasteiger charge is 2.27. The molecule has 0 bridgehead atoms. The van der Waals surface area contributed by atoms with Gasteiger partial charge in [-0.1, -0.05) is 6.92 Å². The summed E-state index contributed by atoms with van der Waals surface area (Å²) < 4.78 is 40.2. The Kier molecular flexibility index (Phi) is 7.33. The lowest BCUT2D eigenvalue weighted by Crippen LogP contribution is -2.32. The second kappa shape index (κ2) is 9.78. The number of nitrogens with zero attached hydrogens (tertiary/aromatic N) is 3. The fourth-order valence-electron chi connectivity index (χ4n) is 3.86. The maximum atomic E-state index is 13.4. The number of halogens is 1. The zero-order valence-electron chi connectivity index (χ0n) is 18.3. The third-order valence-corrected chi connectivity index (χ3v) is 7.38. The number of benzene rings is 2. The molecule has 0 aromatic heterocycles. The van der Waals surface area contributed by atoms with Gasteiger partial charge in [-0.2, -0.15) is 0 Å². The van der Waals surface area contributed by atoms with Gasteiger partial charge < -0.3 is 14.7 Å². The maximum Gasteiger partial charge on any atom is 0.223 e. The van der Waals surface area contributed by atoms with E-state index in [0.29, 0.717) is 18.7 Å². The lowest BCUT2D eigenvalue weighted by molar-refractivity contribution is -0.116. The first-order chi connectivity index (χ1) is 14.7. The van der Waals surface area contributed by atoms with Gasteiger partial charge in [-0.25, -0.2) is 12.8 Å². The van der Waals surface area contributed by atoms with Crippen LogP contribution >= 0.6 is 0 Å². The molecule has 1 aliphatic rings. The van der Waals surface area contributed by atoms with Crippen molar-refractivity contribution >= 4 is 27.1 Å². The lowest BCUT2D eigenvalue weighted by atomic mass is 10.2. The fourth-order valence-corrected chi connectivity index (χ4v) is 5.30. The van der Waals surface area contributed by atoms with E-state index in [-0.39, 0.29) is 15.7 Å². The molecular formula is C23H30FN3O3S. The number of carbonyl (C=O) groups excluding carboxylic acids is 1. The summed E-state index contributed by atoms with van der Waals surface area (Å²) in [5.41, 5.74) is 1.26. The van der Waals surface area contributed by atoms with Crippen LogP contribution in [0.15, 0.2) is 52.3 Å². The molecule has 168 valence electrons. The Labute approximate surface area is 184 Å². The molecule has 8 heteroatoms. The highest BCUT2D eigenvalue weighted by atomic mass is 32.2. The lowest BCUT2D eigenvalue weighted by Gasteiger charge is -2.28. The summed E-state index contributed by atoms with van der Waals surface area (Å²) in [5, 5.41) is 0. The van der Waals surface area contributed by atoms with Crippen molar-refractivity contribution < 1.29 is 17.6 Å². The monoisotopic (exact) mass is 447 g/mol. The molecule has 31 heavy (non-hydrogen) atoms. The second-order valence-electron chi connectivity index (χ2n) is 7.92. The van der Waals surface area contributed by atoms with Gasteiger partial charge in [0.2, 0.25) is 15.7 Å². The molecule has 0 unspecified atom stereocenters. The average molecular weight is 448 g/mol. The van der Waals surface area contributed by atoms with Crippen molar-refractivity contribution in [1.29, 1.82) is 0 Å². The van der Waals surface area contributed by atoms with Gasteiger partial charge >= 0.3 is 0 Å². The van der Waals surface area contributed by atoms with Crippen LogP contribution in [0.25, 0.3) is 0 Å². The molecule has 2 aromatic carbocycles. The molecule has 1 heterocycles. The fraction of sp³-hybridized carbons (Fsp3) is 0.435. The number of anilines is 2. The number of rotatable bonds is 6. The van der Waals surface area contributed by atoms with Gasteiger partial charge in [0.15, 0.2) is 0 Å². The maximum absolute atomic E-state index is 13.4. The standard InChI is InChI=1S/C23H30FN3O3S/c1-4-12-27(18(2)28)22-17-20(26-14-5-13-25(3)15-16-26)8-11-23(22)31(29,30)21-9-6-19(24)7-10-21/h6-11,17H,4-5,12-16H2,1-3H3. The van der Waals surface area contributed by atoms with E-state index >= 15 is 0 Å². The van der Waals surface area contributed by atoms with Gasteiger partial charge in [0.05, 0.1) is 15.5 Å². The number of likely N-dealkylation sites (N-methyl/N-ethyl adjacent to an activating group) is 1. The van der Waals surface area contributed by atoms with E-state index < -0.39 is 15.7 Å². The van der Waals surface area contributed by atoms with Gasteiger partial charge in [0.1, 0.15) is 5.82 Å². The van der Waals surface area contributed by atoms with Gasteiger partial charge in [-0.15, -0.1) is 0 Å². The summed E-state index contributed by atoms with van der Waals surface area (Å²) in [6.45, 7) is 7.41. The Bertz CT molecular complexity index is 1020. The van der Waals surface area contributed by atoms with Crippen LogP contribution in [0.3, 0.4) is 0 Å². The minimum absolute atomic E-state index is 0.000650. The Balaban J connectivity index is 2.11. The molecular weight excluding hydrogens is 417 g/mol. The largest absolute Gasteiger partial charge is 0.370 e. The van der Waals surface area contributed by atoms with E-state index in [1.54, 1.807) is 18.2 Å². The van der Waals surface area contributed by atoms with Crippen molar-refractivity contribution in [2.24, 2.45) is 0 Å². The number of hydrogen-bond acceptors (Lipinski definition) is 5. The smallest absolute Gasteiger partial charge is 0.223 e. The molecule has 0 aliphatic carbocycles. The van der Waals surface area contributed by atoms with E-state index in [1.165, 1.54) is 24.0 Å². The number of amides is 1. The van der Waals surface area contributed by atoms with Crippen LogP contribution in [0.2, 0.25) is 0 Å². The van der Waals surface area contributed by atoms with Crippen LogP contribution in [0.5, 0.6) is 0 Å². The van der Waals surface area contributed by atoms with Gasteiger partial charge in [0, 0.05) is 38.8 Å². The molecule has 0 saturated carbocycles. The van der Waals surface area contributed by atoms with Crippen molar-refractivity contribution in [3.63, 3.8) is 0 Å². The quantitative estimate of drug-likeness (QED) is 0.634. The summed E-state index contributed by atoms with van der Waals surface area (Å²) in [5.74, 6) is -0.720. The molecule has 1 fully saturated rings. The third-order valence-electron chi connectivity index (χ3n) is 5.56. The van der Waals surface area contributed by atoms with Crippen LogP contribution in [-0.4, -0.2) is 59.0 Å². The van der Waals surface area contributed by atoms with Crippen LogP contribution in [-0.2, 0) is 14.6 Å². The van der Waals surface area contributed by atoms with Crippen molar-refractivity contribution in [1.82, 2.24) is 4.90 Å². The molecule has 0 N–H and O–H groups in total. The highest BCUT2D eigenvalue weighted by molar-refractivity contribution is 7.91. The first-order valence-corrected chi connectivity index (χ1v) is 12.1. The van der Waals surface area contributed by atoms with Crippen molar-refractivity contribution in [2.45, 2.75) is 36.5 Å².